The Morgan fingerprint density at radius 2 is 1.88 bits per heavy atom. The molecule has 2 atom stereocenters. The number of benzene rings is 1. The minimum atomic E-state index is -1.11. The van der Waals surface area contributed by atoms with Crippen LogP contribution < -0.4 is 34.7 Å². The van der Waals surface area contributed by atoms with Gasteiger partial charge in [0.2, 0.25) is 0 Å². The van der Waals surface area contributed by atoms with Crippen molar-refractivity contribution in [2.24, 2.45) is 0 Å². The van der Waals surface area contributed by atoms with Crippen LogP contribution in [0, 0.1) is 0 Å². The zero-order valence-electron chi connectivity index (χ0n) is 9.93. The molecule has 0 amide bonds. The van der Waals surface area contributed by atoms with Crippen LogP contribution in [0.15, 0.2) is 30.3 Å². The van der Waals surface area contributed by atoms with Crippen LogP contribution in [-0.2, 0) is 30.9 Å². The molecule has 0 fully saturated rings. The molecule has 0 aliphatic heterocycles. The molecule has 4 nitrogen and oxygen atoms in total. The molecule has 0 saturated heterocycles. The van der Waals surface area contributed by atoms with Crippen molar-refractivity contribution in [3.63, 3.8) is 0 Å². The molecule has 6 heteroatoms. The Labute approximate surface area is 139 Å². The molecular weight excluding hydrogens is 420 g/mol. The summed E-state index contributed by atoms with van der Waals surface area (Å²) in [7, 11) is 0. The van der Waals surface area contributed by atoms with E-state index in [4.69, 9.17) is 0 Å². The first-order valence-electron chi connectivity index (χ1n) is 4.88. The van der Waals surface area contributed by atoms with E-state index in [0.717, 1.165) is 3.93 Å². The Morgan fingerprint density at radius 1 is 1.35 bits per heavy atom. The summed E-state index contributed by atoms with van der Waals surface area (Å²) in [5, 5.41) is 20.4. The van der Waals surface area contributed by atoms with Crippen molar-refractivity contribution in [1.29, 1.82) is 0 Å². The number of aliphatic hydroxyl groups excluding tert-OH is 1. The van der Waals surface area contributed by atoms with Crippen molar-refractivity contribution >= 4 is 5.97 Å². The third-order valence-electron chi connectivity index (χ3n) is 2.33. The molecule has 3 N–H and O–H groups in total. The van der Waals surface area contributed by atoms with Crippen LogP contribution >= 0.6 is 0 Å². The fraction of sp³-hybridized carbons (Fsp3) is 0.364. The van der Waals surface area contributed by atoms with E-state index in [9.17, 15) is 15.0 Å². The standard InChI is InChI=1S/C11H13O3.Hg.Na.H2O/c1-8(12)7-10(11(13)14)9-5-3-2-4-6-9;;;/h2-6,8,10,12H,1,7H2,(H,13,14);;;1H2/q;;+1;/p-1. The van der Waals surface area contributed by atoms with Crippen LogP contribution in [0.3, 0.4) is 0 Å². The van der Waals surface area contributed by atoms with Gasteiger partial charge >= 0.3 is 135 Å². The summed E-state index contributed by atoms with van der Waals surface area (Å²) in [4.78, 5) is 10.9. The van der Waals surface area contributed by atoms with Crippen LogP contribution in [-0.4, -0.2) is 22.7 Å². The fourth-order valence-electron chi connectivity index (χ4n) is 1.44. The van der Waals surface area contributed by atoms with Crippen LogP contribution in [0.5, 0.6) is 0 Å². The second-order valence-corrected chi connectivity index (χ2v) is 5.70. The Bertz CT molecular complexity index is 321. The first-order valence-corrected chi connectivity index (χ1v) is 8.77. The Hall–Kier alpha value is 0.545. The molecule has 0 bridgehead atoms. The SMILES string of the molecule is O.O=C([O-])C(CC(O)[CH2][Hg])c1ccccc1.[Na+]. The van der Waals surface area contributed by atoms with Crippen LogP contribution in [0.2, 0.25) is 3.93 Å². The summed E-state index contributed by atoms with van der Waals surface area (Å²) < 4.78 is 0.747. The summed E-state index contributed by atoms with van der Waals surface area (Å²) >= 11 is 0.494. The van der Waals surface area contributed by atoms with Gasteiger partial charge in [-0.1, -0.05) is 0 Å². The quantitative estimate of drug-likeness (QED) is 0.487. The number of hydrogen-bond donors (Lipinski definition) is 1. The van der Waals surface area contributed by atoms with E-state index in [1.54, 1.807) is 24.3 Å². The number of carbonyl (C=O) groups is 1. The van der Waals surface area contributed by atoms with Gasteiger partial charge in [0.25, 0.3) is 0 Å². The Morgan fingerprint density at radius 3 is 2.29 bits per heavy atom. The number of aliphatic hydroxyl groups is 1. The zero-order chi connectivity index (χ0) is 11.3. The van der Waals surface area contributed by atoms with Crippen LogP contribution in [0.25, 0.3) is 0 Å². The van der Waals surface area contributed by atoms with Gasteiger partial charge in [0.1, 0.15) is 0 Å². The molecule has 1 aromatic carbocycles. The first-order chi connectivity index (χ1) is 7.15. The van der Waals surface area contributed by atoms with Crippen molar-refractivity contribution in [3.05, 3.63) is 35.9 Å². The van der Waals surface area contributed by atoms with E-state index in [1.807, 2.05) is 6.07 Å². The summed E-state index contributed by atoms with van der Waals surface area (Å²) in [5.41, 5.74) is 0.707. The maximum absolute atomic E-state index is 10.9. The minimum Gasteiger partial charge on any atom is 1.00 e. The van der Waals surface area contributed by atoms with Crippen molar-refractivity contribution < 1.29 is 76.2 Å². The number of hydrogen-bond acceptors (Lipinski definition) is 3. The third-order valence-corrected chi connectivity index (χ3v) is 4.92. The number of aliphatic carboxylic acids is 1. The van der Waals surface area contributed by atoms with Crippen molar-refractivity contribution in [3.8, 4) is 0 Å². The molecule has 0 aliphatic carbocycles. The van der Waals surface area contributed by atoms with Gasteiger partial charge in [-0.15, -0.1) is 0 Å². The number of carboxylic acid groups (broad SMARTS) is 1. The summed E-state index contributed by atoms with van der Waals surface area (Å²) in [6.45, 7) is 0. The van der Waals surface area contributed by atoms with E-state index < -0.39 is 18.0 Å². The number of carbonyl (C=O) groups excluding carboxylic acids is 1. The van der Waals surface area contributed by atoms with Gasteiger partial charge in [-0.3, -0.25) is 0 Å². The normalized spacial score (nSPS) is 12.9. The van der Waals surface area contributed by atoms with E-state index >= 15 is 0 Å². The minimum absolute atomic E-state index is 0. The molecular formula is C11H14HgNaO4. The van der Waals surface area contributed by atoms with Gasteiger partial charge in [-0.05, 0) is 0 Å². The molecule has 0 spiro atoms. The average Bonchev–Trinajstić information content (AvgIpc) is 2.26. The van der Waals surface area contributed by atoms with Gasteiger partial charge in [-0.25, -0.2) is 0 Å². The van der Waals surface area contributed by atoms with E-state index in [1.165, 1.54) is 0 Å². The third kappa shape index (κ3) is 6.89. The molecule has 2 unspecified atom stereocenters. The number of carboxylic acids is 1. The summed E-state index contributed by atoms with van der Waals surface area (Å²) in [5.74, 6) is -1.80. The molecule has 1 aromatic rings. The summed E-state index contributed by atoms with van der Waals surface area (Å²) in [6.07, 6.45) is -0.244. The molecule has 1 rings (SSSR count). The maximum atomic E-state index is 10.9. The summed E-state index contributed by atoms with van der Waals surface area (Å²) in [6, 6.07) is 8.93. The van der Waals surface area contributed by atoms with Crippen molar-refractivity contribution in [2.45, 2.75) is 22.4 Å². The molecule has 0 aromatic heterocycles. The molecule has 0 radical (unpaired) electrons. The van der Waals surface area contributed by atoms with E-state index in [0.29, 0.717) is 31.7 Å². The smallest absolute Gasteiger partial charge is 1.00 e. The second kappa shape index (κ2) is 10.5. The predicted octanol–water partition coefficient (Wildman–Crippen LogP) is -3.58. The monoisotopic (exact) mass is 435 g/mol. The first kappa shape index (κ1) is 19.9. The van der Waals surface area contributed by atoms with Gasteiger partial charge in [0.15, 0.2) is 0 Å². The van der Waals surface area contributed by atoms with Crippen molar-refractivity contribution in [1.82, 2.24) is 0 Å². The van der Waals surface area contributed by atoms with E-state index in [-0.39, 0.29) is 41.5 Å². The Kier molecular flexibility index (Phi) is 12.2. The second-order valence-electron chi connectivity index (χ2n) is 3.46. The predicted molar refractivity (Wildman–Crippen MR) is 53.2 cm³/mol. The molecule has 0 saturated carbocycles. The van der Waals surface area contributed by atoms with Crippen LogP contribution in [0.1, 0.15) is 17.9 Å². The number of rotatable bonds is 5. The van der Waals surface area contributed by atoms with Gasteiger partial charge < -0.3 is 5.48 Å². The molecule has 17 heavy (non-hydrogen) atoms. The molecule has 85 valence electrons. The van der Waals surface area contributed by atoms with Crippen LogP contribution in [0.4, 0.5) is 0 Å². The van der Waals surface area contributed by atoms with Gasteiger partial charge in [0, 0.05) is 0 Å². The Balaban J connectivity index is 0. The molecule has 0 aliphatic rings. The maximum Gasteiger partial charge on any atom is 1.00 e. The average molecular weight is 434 g/mol. The largest absolute Gasteiger partial charge is 1.00 e. The topological polar surface area (TPSA) is 91.9 Å². The van der Waals surface area contributed by atoms with Crippen molar-refractivity contribution in [2.75, 3.05) is 0 Å². The van der Waals surface area contributed by atoms with E-state index in [2.05, 4.69) is 0 Å². The molecule has 0 heterocycles. The van der Waals surface area contributed by atoms with Gasteiger partial charge in [0.05, 0.1) is 0 Å². The fourth-order valence-corrected chi connectivity index (χ4v) is 2.36. The van der Waals surface area contributed by atoms with Gasteiger partial charge in [-0.2, -0.15) is 0 Å². The zero-order valence-corrected chi connectivity index (χ0v) is 17.4.